The molecule has 2 N–H and O–H groups in total. The number of halogens is 1. The van der Waals surface area contributed by atoms with E-state index in [2.05, 4.69) is 44.9 Å². The first-order valence-corrected chi connectivity index (χ1v) is 9.23. The highest BCUT2D eigenvalue weighted by Crippen LogP contribution is 2.20. The number of nitrogens with zero attached hydrogens (tertiary/aromatic N) is 2. The van der Waals surface area contributed by atoms with Gasteiger partial charge in [0.2, 0.25) is 0 Å². The van der Waals surface area contributed by atoms with Gasteiger partial charge in [0.25, 0.3) is 0 Å². The summed E-state index contributed by atoms with van der Waals surface area (Å²) < 4.78 is 5.86. The molecule has 0 saturated heterocycles. The fourth-order valence-electron chi connectivity index (χ4n) is 2.82. The molecule has 1 heterocycles. The van der Waals surface area contributed by atoms with E-state index in [1.165, 1.54) is 10.8 Å². The Hall–Kier alpha value is -2.35. The maximum absolute atomic E-state index is 5.86. The van der Waals surface area contributed by atoms with Crippen LogP contribution in [0.15, 0.2) is 65.7 Å². The van der Waals surface area contributed by atoms with Crippen LogP contribution >= 0.6 is 24.0 Å². The Bertz CT molecular complexity index is 914. The number of nitrogens with one attached hydrogen (secondary N) is 2. The van der Waals surface area contributed by atoms with Crippen molar-refractivity contribution in [2.24, 2.45) is 4.99 Å². The summed E-state index contributed by atoms with van der Waals surface area (Å²) in [6.07, 6.45) is 0.885. The van der Waals surface area contributed by atoms with E-state index < -0.39 is 0 Å². The van der Waals surface area contributed by atoms with Crippen molar-refractivity contribution in [3.05, 3.63) is 72.1 Å². The Morgan fingerprint density at radius 2 is 1.82 bits per heavy atom. The molecule has 0 saturated carbocycles. The molecule has 0 bridgehead atoms. The molecule has 148 valence electrons. The smallest absolute Gasteiger partial charge is 0.191 e. The molecular formula is C22H27IN4O. The third-order valence-electron chi connectivity index (χ3n) is 4.21. The highest BCUT2D eigenvalue weighted by molar-refractivity contribution is 14.0. The number of hydrogen-bond acceptors (Lipinski definition) is 3. The lowest BCUT2D eigenvalue weighted by molar-refractivity contribution is 0.311. The van der Waals surface area contributed by atoms with Gasteiger partial charge in [-0.25, -0.2) is 0 Å². The van der Waals surface area contributed by atoms with E-state index in [1.54, 1.807) is 7.05 Å². The van der Waals surface area contributed by atoms with E-state index in [0.717, 1.165) is 36.1 Å². The van der Waals surface area contributed by atoms with E-state index >= 15 is 0 Å². The van der Waals surface area contributed by atoms with Gasteiger partial charge in [0.05, 0.1) is 18.8 Å². The Labute approximate surface area is 183 Å². The molecule has 0 fully saturated rings. The van der Waals surface area contributed by atoms with Crippen molar-refractivity contribution in [1.29, 1.82) is 0 Å². The summed E-state index contributed by atoms with van der Waals surface area (Å²) in [6.45, 7) is 4.08. The molecule has 0 aliphatic heterocycles. The first-order valence-electron chi connectivity index (χ1n) is 9.23. The van der Waals surface area contributed by atoms with Crippen LogP contribution in [-0.2, 0) is 6.54 Å². The van der Waals surface area contributed by atoms with E-state index in [4.69, 9.17) is 4.74 Å². The molecule has 0 aliphatic carbocycles. The van der Waals surface area contributed by atoms with Crippen molar-refractivity contribution < 1.29 is 4.74 Å². The number of guanidine groups is 1. The van der Waals surface area contributed by atoms with Crippen molar-refractivity contribution in [3.63, 3.8) is 0 Å². The quantitative estimate of drug-likeness (QED) is 0.225. The van der Waals surface area contributed by atoms with E-state index in [1.807, 2.05) is 43.3 Å². The second-order valence-corrected chi connectivity index (χ2v) is 6.33. The average Bonchev–Trinajstić information content (AvgIpc) is 2.70. The van der Waals surface area contributed by atoms with Gasteiger partial charge in [-0.3, -0.25) is 9.98 Å². The van der Waals surface area contributed by atoms with Crippen LogP contribution in [-0.4, -0.2) is 31.1 Å². The maximum Gasteiger partial charge on any atom is 0.191 e. The van der Waals surface area contributed by atoms with Gasteiger partial charge in [-0.2, -0.15) is 0 Å². The molecule has 0 radical (unpaired) electrons. The van der Waals surface area contributed by atoms with Gasteiger partial charge in [-0.05, 0) is 48.4 Å². The lowest BCUT2D eigenvalue weighted by Gasteiger charge is -2.12. The highest BCUT2D eigenvalue weighted by atomic mass is 127. The number of aliphatic imine (C=N–C) groups is 1. The number of benzene rings is 2. The maximum atomic E-state index is 5.86. The van der Waals surface area contributed by atoms with Gasteiger partial charge < -0.3 is 15.4 Å². The molecule has 3 rings (SSSR count). The lowest BCUT2D eigenvalue weighted by atomic mass is 10.1. The monoisotopic (exact) mass is 490 g/mol. The number of ether oxygens (including phenoxy) is 1. The summed E-state index contributed by atoms with van der Waals surface area (Å²) in [5.41, 5.74) is 2.01. The summed E-state index contributed by atoms with van der Waals surface area (Å²) in [6, 6.07) is 20.5. The largest absolute Gasteiger partial charge is 0.494 e. The zero-order valence-electron chi connectivity index (χ0n) is 16.3. The first kappa shape index (κ1) is 21.9. The molecule has 0 aliphatic rings. The van der Waals surface area contributed by atoms with Gasteiger partial charge in [-0.15, -0.1) is 24.0 Å². The third kappa shape index (κ3) is 6.67. The highest BCUT2D eigenvalue weighted by Gasteiger charge is 2.00. The molecule has 5 nitrogen and oxygen atoms in total. The Morgan fingerprint density at radius 1 is 1.00 bits per heavy atom. The van der Waals surface area contributed by atoms with E-state index in [9.17, 15) is 0 Å². The van der Waals surface area contributed by atoms with Gasteiger partial charge >= 0.3 is 0 Å². The van der Waals surface area contributed by atoms with Crippen molar-refractivity contribution in [2.45, 2.75) is 19.9 Å². The summed E-state index contributed by atoms with van der Waals surface area (Å²) in [7, 11) is 1.77. The van der Waals surface area contributed by atoms with Gasteiger partial charge in [-0.1, -0.05) is 36.4 Å². The normalized spacial score (nSPS) is 11.0. The van der Waals surface area contributed by atoms with Crippen molar-refractivity contribution >= 4 is 40.7 Å². The molecule has 1 aromatic heterocycles. The zero-order chi connectivity index (χ0) is 18.9. The zero-order valence-corrected chi connectivity index (χ0v) is 18.6. The van der Waals surface area contributed by atoms with Crippen LogP contribution in [0.3, 0.4) is 0 Å². The van der Waals surface area contributed by atoms with Crippen LogP contribution in [0.1, 0.15) is 17.8 Å². The first-order chi connectivity index (χ1) is 13.2. The van der Waals surface area contributed by atoms with Gasteiger partial charge in [0.15, 0.2) is 5.96 Å². The molecule has 0 spiro atoms. The van der Waals surface area contributed by atoms with Crippen LogP contribution < -0.4 is 15.4 Å². The fourth-order valence-corrected chi connectivity index (χ4v) is 2.82. The second kappa shape index (κ2) is 11.5. The number of fused-ring (bicyclic) bond motifs is 1. The molecule has 2 aromatic carbocycles. The molecular weight excluding hydrogens is 463 g/mol. The van der Waals surface area contributed by atoms with Gasteiger partial charge in [0.1, 0.15) is 5.75 Å². The van der Waals surface area contributed by atoms with E-state index in [0.29, 0.717) is 13.2 Å². The third-order valence-corrected chi connectivity index (χ3v) is 4.21. The molecule has 0 amide bonds. The van der Waals surface area contributed by atoms with E-state index in [-0.39, 0.29) is 24.0 Å². The number of rotatable bonds is 7. The Morgan fingerprint density at radius 3 is 2.61 bits per heavy atom. The molecule has 0 unspecified atom stereocenters. The summed E-state index contributed by atoms with van der Waals surface area (Å²) in [5.74, 6) is 1.67. The van der Waals surface area contributed by atoms with Crippen molar-refractivity contribution in [3.8, 4) is 5.75 Å². The number of hydrogen-bond donors (Lipinski definition) is 2. The van der Waals surface area contributed by atoms with Gasteiger partial charge in [0, 0.05) is 19.3 Å². The fraction of sp³-hybridized carbons (Fsp3) is 0.273. The molecule has 3 aromatic rings. The Kier molecular flexibility index (Phi) is 9.00. The minimum atomic E-state index is 0. The lowest BCUT2D eigenvalue weighted by Crippen LogP contribution is -2.37. The number of pyridine rings is 1. The number of aromatic nitrogens is 1. The number of aryl methyl sites for hydroxylation is 1. The molecule has 28 heavy (non-hydrogen) atoms. The molecule has 0 atom stereocenters. The second-order valence-electron chi connectivity index (χ2n) is 6.33. The van der Waals surface area contributed by atoms with Crippen molar-refractivity contribution in [2.75, 3.05) is 20.2 Å². The van der Waals surface area contributed by atoms with Crippen LogP contribution in [0.25, 0.3) is 10.8 Å². The SMILES string of the molecule is CN=C(NCCCOc1ccc2ccccc2c1)NCc1cccc(C)n1.I. The predicted octanol–water partition coefficient (Wildman–Crippen LogP) is 4.30. The minimum Gasteiger partial charge on any atom is -0.494 e. The summed E-state index contributed by atoms with van der Waals surface area (Å²) in [4.78, 5) is 8.72. The topological polar surface area (TPSA) is 58.5 Å². The summed E-state index contributed by atoms with van der Waals surface area (Å²) in [5, 5.41) is 9.00. The summed E-state index contributed by atoms with van der Waals surface area (Å²) >= 11 is 0. The molecule has 6 heteroatoms. The standard InChI is InChI=1S/C22H26N4O.HI/c1-17-7-5-10-20(26-17)16-25-22(23-2)24-13-6-14-27-21-12-11-18-8-3-4-9-19(18)15-21;/h3-5,7-12,15H,6,13-14,16H2,1-2H3,(H2,23,24,25);1H. The minimum absolute atomic E-state index is 0. The van der Waals surface area contributed by atoms with Crippen molar-refractivity contribution in [1.82, 2.24) is 15.6 Å². The van der Waals surface area contributed by atoms with Crippen LogP contribution in [0.5, 0.6) is 5.75 Å². The van der Waals surface area contributed by atoms with Crippen LogP contribution in [0.2, 0.25) is 0 Å². The predicted molar refractivity (Wildman–Crippen MR) is 127 cm³/mol. The van der Waals surface area contributed by atoms with Crippen LogP contribution in [0, 0.1) is 6.92 Å². The Balaban J connectivity index is 0.00000280. The average molecular weight is 490 g/mol. The van der Waals surface area contributed by atoms with Crippen LogP contribution in [0.4, 0.5) is 0 Å².